The Morgan fingerprint density at radius 3 is 2.41 bits per heavy atom. The van der Waals surface area contributed by atoms with Crippen molar-refractivity contribution in [3.05, 3.63) is 36.0 Å². The van der Waals surface area contributed by atoms with Crippen LogP contribution in [0.1, 0.15) is 43.1 Å². The largest absolute Gasteiger partial charge is 0.490 e. The fourth-order valence-corrected chi connectivity index (χ4v) is 2.95. The minimum absolute atomic E-state index is 0.0467. The summed E-state index contributed by atoms with van der Waals surface area (Å²) >= 11 is 0. The summed E-state index contributed by atoms with van der Waals surface area (Å²) < 4.78 is 5.95. The maximum absolute atomic E-state index is 11.6. The summed E-state index contributed by atoms with van der Waals surface area (Å²) in [6.45, 7) is 1.60. The zero-order valence-corrected chi connectivity index (χ0v) is 15.1. The topological polar surface area (TPSA) is 133 Å². The summed E-state index contributed by atoms with van der Waals surface area (Å²) in [6, 6.07) is 8.09. The molecule has 0 aliphatic heterocycles. The molecule has 5 N–H and O–H groups in total. The summed E-state index contributed by atoms with van der Waals surface area (Å²) in [5.41, 5.74) is 11.4. The van der Waals surface area contributed by atoms with E-state index in [1.165, 1.54) is 18.9 Å². The van der Waals surface area contributed by atoms with E-state index in [4.69, 9.17) is 16.2 Å². The number of hydrogen-bond acceptors (Lipinski definition) is 6. The summed E-state index contributed by atoms with van der Waals surface area (Å²) in [5.74, 6) is 0.181. The SMILES string of the molecule is CC(Nc1cc(C(N)=O)nc(-c2ccc(OC3CCCC3)cc2)n1)C(N)=O. The lowest BCUT2D eigenvalue weighted by Gasteiger charge is -2.14. The van der Waals surface area contributed by atoms with E-state index >= 15 is 0 Å². The molecular weight excluding hydrogens is 346 g/mol. The summed E-state index contributed by atoms with van der Waals surface area (Å²) in [7, 11) is 0. The van der Waals surface area contributed by atoms with Gasteiger partial charge in [0.05, 0.1) is 6.10 Å². The smallest absolute Gasteiger partial charge is 0.267 e. The molecule has 142 valence electrons. The van der Waals surface area contributed by atoms with Crippen molar-refractivity contribution in [3.8, 4) is 17.1 Å². The van der Waals surface area contributed by atoms with Gasteiger partial charge in [0.25, 0.3) is 5.91 Å². The van der Waals surface area contributed by atoms with E-state index in [0.717, 1.165) is 18.6 Å². The molecule has 1 heterocycles. The van der Waals surface area contributed by atoms with Crippen LogP contribution in [-0.4, -0.2) is 33.9 Å². The molecule has 1 fully saturated rings. The van der Waals surface area contributed by atoms with Crippen LogP contribution < -0.4 is 21.5 Å². The van der Waals surface area contributed by atoms with E-state index in [9.17, 15) is 9.59 Å². The molecule has 1 aromatic carbocycles. The van der Waals surface area contributed by atoms with E-state index in [0.29, 0.717) is 17.2 Å². The Morgan fingerprint density at radius 2 is 1.81 bits per heavy atom. The third-order valence-corrected chi connectivity index (χ3v) is 4.49. The number of nitrogens with one attached hydrogen (secondary N) is 1. The van der Waals surface area contributed by atoms with E-state index in [-0.39, 0.29) is 11.8 Å². The molecule has 2 aromatic rings. The summed E-state index contributed by atoms with van der Waals surface area (Å²) in [6.07, 6.45) is 4.85. The first-order valence-electron chi connectivity index (χ1n) is 8.94. The molecule has 0 radical (unpaired) electrons. The average Bonchev–Trinajstić information content (AvgIpc) is 3.15. The van der Waals surface area contributed by atoms with E-state index in [2.05, 4.69) is 15.3 Å². The zero-order valence-electron chi connectivity index (χ0n) is 15.1. The lowest BCUT2D eigenvalue weighted by atomic mass is 10.2. The Kier molecular flexibility index (Phi) is 5.54. The predicted octanol–water partition coefficient (Wildman–Crippen LogP) is 1.85. The first-order valence-corrected chi connectivity index (χ1v) is 8.94. The van der Waals surface area contributed by atoms with Crippen molar-refractivity contribution in [2.75, 3.05) is 5.32 Å². The number of amides is 2. The van der Waals surface area contributed by atoms with Gasteiger partial charge in [-0.2, -0.15) is 0 Å². The van der Waals surface area contributed by atoms with Crippen LogP contribution in [0.5, 0.6) is 5.75 Å². The number of carbonyl (C=O) groups is 2. The summed E-state index contributed by atoms with van der Waals surface area (Å²) in [4.78, 5) is 31.4. The Morgan fingerprint density at radius 1 is 1.15 bits per heavy atom. The Bertz CT molecular complexity index is 832. The molecule has 1 aromatic heterocycles. The lowest BCUT2D eigenvalue weighted by Crippen LogP contribution is -2.33. The number of rotatable bonds is 7. The van der Waals surface area contributed by atoms with Gasteiger partial charge in [-0.1, -0.05) is 0 Å². The highest BCUT2D eigenvalue weighted by molar-refractivity contribution is 5.92. The highest BCUT2D eigenvalue weighted by atomic mass is 16.5. The number of ether oxygens (including phenoxy) is 1. The maximum atomic E-state index is 11.6. The molecule has 1 aliphatic carbocycles. The lowest BCUT2D eigenvalue weighted by molar-refractivity contribution is -0.118. The van der Waals surface area contributed by atoms with Gasteiger partial charge >= 0.3 is 0 Å². The van der Waals surface area contributed by atoms with Crippen LogP contribution in [0.15, 0.2) is 30.3 Å². The Hall–Kier alpha value is -3.16. The Labute approximate surface area is 157 Å². The number of hydrogen-bond donors (Lipinski definition) is 3. The molecule has 8 heteroatoms. The van der Waals surface area contributed by atoms with Gasteiger partial charge in [0.15, 0.2) is 5.82 Å². The molecule has 1 atom stereocenters. The van der Waals surface area contributed by atoms with Crippen LogP contribution >= 0.6 is 0 Å². The predicted molar refractivity (Wildman–Crippen MR) is 101 cm³/mol. The molecule has 2 amide bonds. The molecule has 1 saturated carbocycles. The number of benzene rings is 1. The number of aromatic nitrogens is 2. The second-order valence-electron chi connectivity index (χ2n) is 6.64. The highest BCUT2D eigenvalue weighted by Gasteiger charge is 2.17. The van der Waals surface area contributed by atoms with Crippen LogP contribution in [0.3, 0.4) is 0 Å². The monoisotopic (exact) mass is 369 g/mol. The Balaban J connectivity index is 1.84. The van der Waals surface area contributed by atoms with Crippen LogP contribution in [0.4, 0.5) is 5.82 Å². The van der Waals surface area contributed by atoms with E-state index in [1.54, 1.807) is 6.92 Å². The van der Waals surface area contributed by atoms with Gasteiger partial charge < -0.3 is 21.5 Å². The molecule has 0 spiro atoms. The molecule has 1 unspecified atom stereocenters. The average molecular weight is 369 g/mol. The number of nitrogens with zero attached hydrogens (tertiary/aromatic N) is 2. The van der Waals surface area contributed by atoms with Crippen molar-refractivity contribution >= 4 is 17.6 Å². The van der Waals surface area contributed by atoms with E-state index in [1.807, 2.05) is 24.3 Å². The fourth-order valence-electron chi connectivity index (χ4n) is 2.95. The van der Waals surface area contributed by atoms with Crippen LogP contribution in [-0.2, 0) is 4.79 Å². The van der Waals surface area contributed by atoms with Gasteiger partial charge in [0.2, 0.25) is 5.91 Å². The van der Waals surface area contributed by atoms with Gasteiger partial charge in [-0.25, -0.2) is 9.97 Å². The molecule has 8 nitrogen and oxygen atoms in total. The third-order valence-electron chi connectivity index (χ3n) is 4.49. The van der Waals surface area contributed by atoms with Gasteiger partial charge in [-0.3, -0.25) is 9.59 Å². The van der Waals surface area contributed by atoms with Crippen molar-refractivity contribution in [2.45, 2.75) is 44.8 Å². The zero-order chi connectivity index (χ0) is 19.4. The van der Waals surface area contributed by atoms with Crippen LogP contribution in [0, 0.1) is 0 Å². The summed E-state index contributed by atoms with van der Waals surface area (Å²) in [5, 5.41) is 2.85. The van der Waals surface area contributed by atoms with Crippen molar-refractivity contribution in [3.63, 3.8) is 0 Å². The van der Waals surface area contributed by atoms with Gasteiger partial charge in [0.1, 0.15) is 23.3 Å². The van der Waals surface area contributed by atoms with Gasteiger partial charge in [-0.05, 0) is 56.9 Å². The highest BCUT2D eigenvalue weighted by Crippen LogP contribution is 2.26. The molecule has 0 saturated heterocycles. The van der Waals surface area contributed by atoms with Crippen LogP contribution in [0.25, 0.3) is 11.4 Å². The fraction of sp³-hybridized carbons (Fsp3) is 0.368. The number of primary amides is 2. The molecule has 1 aliphatic rings. The molecule has 27 heavy (non-hydrogen) atoms. The molecule has 3 rings (SSSR count). The minimum atomic E-state index is -0.686. The maximum Gasteiger partial charge on any atom is 0.267 e. The number of nitrogens with two attached hydrogens (primary N) is 2. The minimum Gasteiger partial charge on any atom is -0.490 e. The second-order valence-corrected chi connectivity index (χ2v) is 6.64. The number of carbonyl (C=O) groups excluding carboxylic acids is 2. The van der Waals surface area contributed by atoms with Gasteiger partial charge in [-0.15, -0.1) is 0 Å². The molecule has 0 bridgehead atoms. The standard InChI is InChI=1S/C19H23N5O3/c1-11(17(20)25)22-16-10-15(18(21)26)23-19(24-16)12-6-8-14(9-7-12)27-13-4-2-3-5-13/h6-11,13H,2-5H2,1H3,(H2,20,25)(H2,21,26)(H,22,23,24). The van der Waals surface area contributed by atoms with Crippen molar-refractivity contribution < 1.29 is 14.3 Å². The quantitative estimate of drug-likeness (QED) is 0.682. The first-order chi connectivity index (χ1) is 12.9. The third kappa shape index (κ3) is 4.72. The van der Waals surface area contributed by atoms with Crippen LogP contribution in [0.2, 0.25) is 0 Å². The molecular formula is C19H23N5O3. The van der Waals surface area contributed by atoms with E-state index < -0.39 is 17.9 Å². The van der Waals surface area contributed by atoms with Gasteiger partial charge in [0, 0.05) is 11.6 Å². The van der Waals surface area contributed by atoms with Crippen molar-refractivity contribution in [1.82, 2.24) is 9.97 Å². The number of anilines is 1. The van der Waals surface area contributed by atoms with Crippen molar-refractivity contribution in [1.29, 1.82) is 0 Å². The van der Waals surface area contributed by atoms with Crippen molar-refractivity contribution in [2.24, 2.45) is 11.5 Å². The second kappa shape index (κ2) is 8.03. The normalized spacial score (nSPS) is 15.3. The first kappa shape index (κ1) is 18.6.